The molecule has 0 saturated heterocycles. The van der Waals surface area contributed by atoms with Crippen molar-refractivity contribution in [3.63, 3.8) is 0 Å². The molecule has 1 rings (SSSR count). The molecule has 0 aliphatic heterocycles. The van der Waals surface area contributed by atoms with Crippen LogP contribution in [-0.2, 0) is 4.79 Å². The topological polar surface area (TPSA) is 52.6 Å². The maximum absolute atomic E-state index is 11.8. The Morgan fingerprint density at radius 3 is 2.72 bits per heavy atom. The molecule has 1 atom stereocenters. The smallest absolute Gasteiger partial charge is 0.234 e. The second-order valence-electron chi connectivity index (χ2n) is 4.61. The van der Waals surface area contributed by atoms with Crippen LogP contribution in [0.2, 0.25) is 0 Å². The lowest BCUT2D eigenvalue weighted by Crippen LogP contribution is -2.37. The molecule has 0 spiro atoms. The number of amides is 1. The minimum Gasteiger partial charge on any atom is -0.395 e. The Hall–Kier alpha value is -1.39. The van der Waals surface area contributed by atoms with Crippen molar-refractivity contribution in [2.45, 2.75) is 19.9 Å². The average Bonchev–Trinajstić information content (AvgIpc) is 2.29. The number of rotatable bonds is 6. The lowest BCUT2D eigenvalue weighted by atomic mass is 10.0. The molecular weight excluding hydrogens is 228 g/mol. The largest absolute Gasteiger partial charge is 0.395 e. The van der Waals surface area contributed by atoms with Crippen LogP contribution in [0.1, 0.15) is 24.1 Å². The van der Waals surface area contributed by atoms with Crippen LogP contribution in [0.5, 0.6) is 0 Å². The first-order chi connectivity index (χ1) is 8.54. The third-order valence-electron chi connectivity index (χ3n) is 2.93. The molecule has 0 fully saturated rings. The monoisotopic (exact) mass is 250 g/mol. The number of likely N-dealkylation sites (N-methyl/N-ethyl adjacent to an activating group) is 1. The summed E-state index contributed by atoms with van der Waals surface area (Å²) in [6.07, 6.45) is 0. The Balaban J connectivity index is 2.52. The van der Waals surface area contributed by atoms with Gasteiger partial charge in [-0.1, -0.05) is 24.3 Å². The van der Waals surface area contributed by atoms with Crippen LogP contribution in [-0.4, -0.2) is 42.7 Å². The number of benzene rings is 1. The molecule has 1 amide bonds. The zero-order chi connectivity index (χ0) is 13.5. The molecule has 0 heterocycles. The van der Waals surface area contributed by atoms with Crippen LogP contribution in [0.4, 0.5) is 0 Å². The number of carbonyl (C=O) groups is 1. The van der Waals surface area contributed by atoms with Crippen LogP contribution in [0, 0.1) is 6.92 Å². The zero-order valence-electron chi connectivity index (χ0n) is 11.3. The SMILES string of the molecule is Cc1ccccc1C(C)NC(=O)CN(C)CCO. The predicted molar refractivity (Wildman–Crippen MR) is 72.3 cm³/mol. The fourth-order valence-corrected chi connectivity index (χ4v) is 1.93. The molecule has 0 saturated carbocycles. The van der Waals surface area contributed by atoms with Crippen molar-refractivity contribution in [3.8, 4) is 0 Å². The number of hydrogen-bond donors (Lipinski definition) is 2. The van der Waals surface area contributed by atoms with E-state index in [0.29, 0.717) is 13.1 Å². The molecule has 0 radical (unpaired) electrons. The Morgan fingerprint density at radius 2 is 2.11 bits per heavy atom. The van der Waals surface area contributed by atoms with Gasteiger partial charge in [-0.3, -0.25) is 9.69 Å². The van der Waals surface area contributed by atoms with Crippen LogP contribution in [0.3, 0.4) is 0 Å². The van der Waals surface area contributed by atoms with Gasteiger partial charge in [-0.05, 0) is 32.0 Å². The van der Waals surface area contributed by atoms with Gasteiger partial charge in [0.1, 0.15) is 0 Å². The fraction of sp³-hybridized carbons (Fsp3) is 0.500. The van der Waals surface area contributed by atoms with E-state index in [1.807, 2.05) is 45.2 Å². The molecular formula is C14H22N2O2. The van der Waals surface area contributed by atoms with E-state index in [1.165, 1.54) is 5.56 Å². The van der Waals surface area contributed by atoms with Crippen molar-refractivity contribution in [3.05, 3.63) is 35.4 Å². The van der Waals surface area contributed by atoms with Gasteiger partial charge >= 0.3 is 0 Å². The Kier molecular flexibility index (Phi) is 5.82. The van der Waals surface area contributed by atoms with Gasteiger partial charge in [-0.15, -0.1) is 0 Å². The summed E-state index contributed by atoms with van der Waals surface area (Å²) in [6, 6.07) is 8.03. The molecule has 2 N–H and O–H groups in total. The van der Waals surface area contributed by atoms with Crippen LogP contribution >= 0.6 is 0 Å². The molecule has 1 unspecified atom stereocenters. The Bertz CT molecular complexity index is 393. The van der Waals surface area contributed by atoms with E-state index in [0.717, 1.165) is 5.56 Å². The van der Waals surface area contributed by atoms with Crippen molar-refractivity contribution in [1.82, 2.24) is 10.2 Å². The normalized spacial score (nSPS) is 12.5. The van der Waals surface area contributed by atoms with Crippen LogP contribution in [0.25, 0.3) is 0 Å². The summed E-state index contributed by atoms with van der Waals surface area (Å²) >= 11 is 0. The van der Waals surface area contributed by atoms with E-state index in [-0.39, 0.29) is 18.6 Å². The first-order valence-corrected chi connectivity index (χ1v) is 6.19. The summed E-state index contributed by atoms with van der Waals surface area (Å²) in [6.45, 7) is 4.89. The van der Waals surface area contributed by atoms with Gasteiger partial charge in [0.15, 0.2) is 0 Å². The average molecular weight is 250 g/mol. The number of aryl methyl sites for hydroxylation is 1. The summed E-state index contributed by atoms with van der Waals surface area (Å²) in [5.41, 5.74) is 2.31. The third kappa shape index (κ3) is 4.47. The minimum atomic E-state index is -0.0262. The van der Waals surface area contributed by atoms with Crippen molar-refractivity contribution < 1.29 is 9.90 Å². The maximum Gasteiger partial charge on any atom is 0.234 e. The van der Waals surface area contributed by atoms with Gasteiger partial charge in [0.2, 0.25) is 5.91 Å². The Labute approximate surface area is 109 Å². The molecule has 4 heteroatoms. The van der Waals surface area contributed by atoms with E-state index >= 15 is 0 Å². The quantitative estimate of drug-likeness (QED) is 0.795. The highest BCUT2D eigenvalue weighted by Gasteiger charge is 2.12. The fourth-order valence-electron chi connectivity index (χ4n) is 1.93. The lowest BCUT2D eigenvalue weighted by molar-refractivity contribution is -0.122. The Morgan fingerprint density at radius 1 is 1.44 bits per heavy atom. The lowest BCUT2D eigenvalue weighted by Gasteiger charge is -2.19. The standard InChI is InChI=1S/C14H22N2O2/c1-11-6-4-5-7-13(11)12(2)15-14(18)10-16(3)8-9-17/h4-7,12,17H,8-10H2,1-3H3,(H,15,18). The summed E-state index contributed by atoms with van der Waals surface area (Å²) in [5.74, 6) is -0.0262. The molecule has 0 aliphatic carbocycles. The molecule has 1 aromatic carbocycles. The first kappa shape index (κ1) is 14.7. The number of aliphatic hydroxyl groups excluding tert-OH is 1. The highest BCUT2D eigenvalue weighted by Crippen LogP contribution is 2.16. The van der Waals surface area contributed by atoms with Crippen molar-refractivity contribution in [2.24, 2.45) is 0 Å². The van der Waals surface area contributed by atoms with Gasteiger partial charge in [0.05, 0.1) is 19.2 Å². The number of hydrogen-bond acceptors (Lipinski definition) is 3. The highest BCUT2D eigenvalue weighted by atomic mass is 16.3. The van der Waals surface area contributed by atoms with Gasteiger partial charge in [-0.2, -0.15) is 0 Å². The van der Waals surface area contributed by atoms with E-state index in [9.17, 15) is 4.79 Å². The molecule has 0 aliphatic rings. The van der Waals surface area contributed by atoms with Gasteiger partial charge in [-0.25, -0.2) is 0 Å². The zero-order valence-corrected chi connectivity index (χ0v) is 11.3. The van der Waals surface area contributed by atoms with Gasteiger partial charge in [0.25, 0.3) is 0 Å². The van der Waals surface area contributed by atoms with E-state index in [1.54, 1.807) is 4.90 Å². The summed E-state index contributed by atoms with van der Waals surface area (Å²) in [7, 11) is 1.81. The highest BCUT2D eigenvalue weighted by molar-refractivity contribution is 5.78. The van der Waals surface area contributed by atoms with Crippen molar-refractivity contribution >= 4 is 5.91 Å². The van der Waals surface area contributed by atoms with Crippen LogP contribution in [0.15, 0.2) is 24.3 Å². The van der Waals surface area contributed by atoms with E-state index in [2.05, 4.69) is 5.32 Å². The molecule has 0 bridgehead atoms. The number of aliphatic hydroxyl groups is 1. The summed E-state index contributed by atoms with van der Waals surface area (Å²) in [4.78, 5) is 13.6. The molecule has 4 nitrogen and oxygen atoms in total. The van der Waals surface area contributed by atoms with Gasteiger partial charge < -0.3 is 10.4 Å². The predicted octanol–water partition coefficient (Wildman–Crippen LogP) is 1.10. The third-order valence-corrected chi connectivity index (χ3v) is 2.93. The van der Waals surface area contributed by atoms with Crippen LogP contribution < -0.4 is 5.32 Å². The second kappa shape index (κ2) is 7.13. The molecule has 1 aromatic rings. The second-order valence-corrected chi connectivity index (χ2v) is 4.61. The first-order valence-electron chi connectivity index (χ1n) is 6.19. The molecule has 18 heavy (non-hydrogen) atoms. The molecule has 0 aromatic heterocycles. The number of carbonyl (C=O) groups excluding carboxylic acids is 1. The van der Waals surface area contributed by atoms with E-state index in [4.69, 9.17) is 5.11 Å². The number of nitrogens with one attached hydrogen (secondary N) is 1. The van der Waals surface area contributed by atoms with E-state index < -0.39 is 0 Å². The minimum absolute atomic E-state index is 0.00114. The summed E-state index contributed by atoms with van der Waals surface area (Å²) in [5, 5.41) is 11.7. The number of nitrogens with zero attached hydrogens (tertiary/aromatic N) is 1. The van der Waals surface area contributed by atoms with Crippen molar-refractivity contribution in [1.29, 1.82) is 0 Å². The summed E-state index contributed by atoms with van der Waals surface area (Å²) < 4.78 is 0. The molecule has 100 valence electrons. The van der Waals surface area contributed by atoms with Crippen molar-refractivity contribution in [2.75, 3.05) is 26.7 Å². The van der Waals surface area contributed by atoms with Gasteiger partial charge in [0, 0.05) is 6.54 Å². The maximum atomic E-state index is 11.8.